The molecule has 1 saturated heterocycles. The Kier molecular flexibility index (Phi) is 8.51. The Labute approximate surface area is 199 Å². The lowest BCUT2D eigenvalue weighted by Gasteiger charge is -2.30. The maximum absolute atomic E-state index is 11.8. The van der Waals surface area contributed by atoms with Crippen LogP contribution in [0, 0.1) is 0 Å². The van der Waals surface area contributed by atoms with Gasteiger partial charge in [0.15, 0.2) is 0 Å². The highest BCUT2D eigenvalue weighted by molar-refractivity contribution is 7.11. The SMILES string of the molecule is COC(=O)Cc1ccc2c(c1)C(=C1CCN(CCCC(C)=O)CC1)c1sccc1CO2.Cl. The van der Waals surface area contributed by atoms with Crippen LogP contribution in [0.5, 0.6) is 5.75 Å². The second kappa shape index (κ2) is 11.1. The maximum Gasteiger partial charge on any atom is 0.309 e. The van der Waals surface area contributed by atoms with Crippen LogP contribution < -0.4 is 4.74 Å². The zero-order chi connectivity index (χ0) is 21.8. The molecular formula is C25H30ClNO4S. The molecule has 1 fully saturated rings. The van der Waals surface area contributed by atoms with E-state index in [0.29, 0.717) is 13.0 Å². The number of benzene rings is 1. The van der Waals surface area contributed by atoms with Crippen LogP contribution in [0.2, 0.25) is 0 Å². The van der Waals surface area contributed by atoms with E-state index in [9.17, 15) is 9.59 Å². The normalized spacial score (nSPS) is 15.7. The number of esters is 1. The standard InChI is InChI=1S/C25H29NO4S.ClH/c1-17(27)4-3-10-26-11-7-19(8-12-26)24-21-14-18(15-23(28)29-2)5-6-22(21)30-16-20-9-13-31-25(20)24;/h5-6,9,13-14H,3-4,7-8,10-12,15-16H2,1-2H3;1H. The van der Waals surface area contributed by atoms with Gasteiger partial charge in [0.05, 0.1) is 13.5 Å². The second-order valence-electron chi connectivity index (χ2n) is 8.27. The van der Waals surface area contributed by atoms with Gasteiger partial charge >= 0.3 is 5.97 Å². The molecular weight excluding hydrogens is 446 g/mol. The number of methoxy groups -OCH3 is 1. The van der Waals surface area contributed by atoms with Crippen molar-refractivity contribution in [3.8, 4) is 5.75 Å². The van der Waals surface area contributed by atoms with Crippen LogP contribution in [0.25, 0.3) is 5.57 Å². The van der Waals surface area contributed by atoms with E-state index in [2.05, 4.69) is 22.4 Å². The van der Waals surface area contributed by atoms with E-state index in [1.54, 1.807) is 18.3 Å². The van der Waals surface area contributed by atoms with E-state index in [0.717, 1.165) is 55.8 Å². The number of carbonyl (C=O) groups excluding carboxylic acids is 2. The molecule has 32 heavy (non-hydrogen) atoms. The molecule has 2 aromatic rings. The molecule has 0 bridgehead atoms. The summed E-state index contributed by atoms with van der Waals surface area (Å²) in [5, 5.41) is 2.13. The van der Waals surface area contributed by atoms with Crippen molar-refractivity contribution in [1.29, 1.82) is 0 Å². The first-order chi connectivity index (χ1) is 15.0. The number of carbonyl (C=O) groups is 2. The highest BCUT2D eigenvalue weighted by Gasteiger charge is 2.26. The van der Waals surface area contributed by atoms with Gasteiger partial charge in [-0.05, 0) is 61.9 Å². The summed E-state index contributed by atoms with van der Waals surface area (Å²) in [4.78, 5) is 26.8. The van der Waals surface area contributed by atoms with Crippen molar-refractivity contribution < 1.29 is 19.1 Å². The summed E-state index contributed by atoms with van der Waals surface area (Å²) in [5.41, 5.74) is 5.99. The summed E-state index contributed by atoms with van der Waals surface area (Å²) in [6, 6.07) is 8.19. The van der Waals surface area contributed by atoms with Crippen LogP contribution in [0.4, 0.5) is 0 Å². The Morgan fingerprint density at radius 1 is 1.19 bits per heavy atom. The Bertz CT molecular complexity index is 1000. The van der Waals surface area contributed by atoms with Crippen molar-refractivity contribution in [3.63, 3.8) is 0 Å². The van der Waals surface area contributed by atoms with Crippen LogP contribution in [-0.2, 0) is 27.4 Å². The predicted octanol–water partition coefficient (Wildman–Crippen LogP) is 5.04. The fraction of sp³-hybridized carbons (Fsp3) is 0.440. The minimum atomic E-state index is -0.237. The lowest BCUT2D eigenvalue weighted by molar-refractivity contribution is -0.139. The van der Waals surface area contributed by atoms with Gasteiger partial charge in [-0.1, -0.05) is 11.6 Å². The Balaban J connectivity index is 0.00000289. The van der Waals surface area contributed by atoms with Gasteiger partial charge in [0.25, 0.3) is 0 Å². The zero-order valence-electron chi connectivity index (χ0n) is 18.6. The molecule has 2 aliphatic heterocycles. The molecule has 0 unspecified atom stereocenters. The van der Waals surface area contributed by atoms with E-state index in [1.165, 1.54) is 28.7 Å². The molecule has 4 rings (SSSR count). The van der Waals surface area contributed by atoms with Gasteiger partial charge in [-0.3, -0.25) is 4.79 Å². The van der Waals surface area contributed by atoms with Crippen LogP contribution in [0.1, 0.15) is 54.2 Å². The zero-order valence-corrected chi connectivity index (χ0v) is 20.3. The van der Waals surface area contributed by atoms with E-state index < -0.39 is 0 Å². The third-order valence-electron chi connectivity index (χ3n) is 6.06. The van der Waals surface area contributed by atoms with Crippen molar-refractivity contribution in [2.75, 3.05) is 26.7 Å². The topological polar surface area (TPSA) is 55.8 Å². The molecule has 0 amide bonds. The number of likely N-dealkylation sites (tertiary alicyclic amines) is 1. The molecule has 0 N–H and O–H groups in total. The van der Waals surface area contributed by atoms with E-state index in [4.69, 9.17) is 9.47 Å². The van der Waals surface area contributed by atoms with E-state index in [1.807, 2.05) is 12.1 Å². The quantitative estimate of drug-likeness (QED) is 0.547. The number of thiophene rings is 1. The monoisotopic (exact) mass is 475 g/mol. The average Bonchev–Trinajstić information content (AvgIpc) is 3.16. The average molecular weight is 476 g/mol. The van der Waals surface area contributed by atoms with Crippen molar-refractivity contribution in [3.05, 3.63) is 56.8 Å². The highest BCUT2D eigenvalue weighted by atomic mass is 35.5. The fourth-order valence-electron chi connectivity index (χ4n) is 4.39. The molecule has 172 valence electrons. The third-order valence-corrected chi connectivity index (χ3v) is 7.04. The molecule has 0 atom stereocenters. The lowest BCUT2D eigenvalue weighted by atomic mass is 9.89. The van der Waals surface area contributed by atoms with E-state index in [-0.39, 0.29) is 30.6 Å². The first-order valence-corrected chi connectivity index (χ1v) is 11.8. The molecule has 0 radical (unpaired) electrons. The number of Topliss-reactive ketones (excluding diaryl/α,β-unsaturated/α-hetero) is 1. The van der Waals surface area contributed by atoms with E-state index >= 15 is 0 Å². The molecule has 2 aliphatic rings. The smallest absolute Gasteiger partial charge is 0.309 e. The number of piperidine rings is 1. The van der Waals surface area contributed by atoms with Crippen LogP contribution in [-0.4, -0.2) is 43.4 Å². The van der Waals surface area contributed by atoms with Gasteiger partial charge in [0.1, 0.15) is 18.1 Å². The lowest BCUT2D eigenvalue weighted by Crippen LogP contribution is -2.32. The molecule has 0 spiro atoms. The Hall–Kier alpha value is -2.15. The van der Waals surface area contributed by atoms with Gasteiger partial charge < -0.3 is 19.2 Å². The fourth-order valence-corrected chi connectivity index (χ4v) is 5.41. The maximum atomic E-state index is 11.8. The second-order valence-corrected chi connectivity index (χ2v) is 9.19. The first-order valence-electron chi connectivity index (χ1n) is 10.9. The van der Waals surface area contributed by atoms with Gasteiger partial charge in [-0.25, -0.2) is 0 Å². The molecule has 5 nitrogen and oxygen atoms in total. The molecule has 0 aliphatic carbocycles. The number of ketones is 1. The minimum absolute atomic E-state index is 0. The van der Waals surface area contributed by atoms with Crippen molar-refractivity contribution in [2.24, 2.45) is 0 Å². The molecule has 1 aromatic heterocycles. The van der Waals surface area contributed by atoms with Crippen LogP contribution in [0.3, 0.4) is 0 Å². The summed E-state index contributed by atoms with van der Waals surface area (Å²) in [5.74, 6) is 0.908. The Morgan fingerprint density at radius 2 is 1.97 bits per heavy atom. The number of hydrogen-bond acceptors (Lipinski definition) is 6. The van der Waals surface area contributed by atoms with Gasteiger partial charge in [-0.2, -0.15) is 0 Å². The summed E-state index contributed by atoms with van der Waals surface area (Å²) >= 11 is 1.77. The van der Waals surface area contributed by atoms with Crippen molar-refractivity contribution in [2.45, 2.75) is 45.6 Å². The predicted molar refractivity (Wildman–Crippen MR) is 130 cm³/mol. The third kappa shape index (κ3) is 5.61. The van der Waals surface area contributed by atoms with Crippen LogP contribution in [0.15, 0.2) is 35.2 Å². The minimum Gasteiger partial charge on any atom is -0.488 e. The molecule has 7 heteroatoms. The number of rotatable bonds is 6. The number of nitrogens with zero attached hydrogens (tertiary/aromatic N) is 1. The Morgan fingerprint density at radius 3 is 2.69 bits per heavy atom. The van der Waals surface area contributed by atoms with Gasteiger partial charge in [0, 0.05) is 41.1 Å². The van der Waals surface area contributed by atoms with Crippen molar-refractivity contribution in [1.82, 2.24) is 4.90 Å². The van der Waals surface area contributed by atoms with Gasteiger partial charge in [0.2, 0.25) is 0 Å². The van der Waals surface area contributed by atoms with Crippen molar-refractivity contribution >= 4 is 41.1 Å². The number of hydrogen-bond donors (Lipinski definition) is 0. The highest BCUT2D eigenvalue weighted by Crippen LogP contribution is 2.43. The summed E-state index contributed by atoms with van der Waals surface area (Å²) < 4.78 is 11.0. The summed E-state index contributed by atoms with van der Waals surface area (Å²) in [6.45, 7) is 5.23. The molecule has 1 aromatic carbocycles. The summed E-state index contributed by atoms with van der Waals surface area (Å²) in [6.07, 6.45) is 3.87. The number of ether oxygens (including phenoxy) is 2. The summed E-state index contributed by atoms with van der Waals surface area (Å²) in [7, 11) is 1.42. The van der Waals surface area contributed by atoms with Gasteiger partial charge in [-0.15, -0.1) is 23.7 Å². The van der Waals surface area contributed by atoms with Crippen LogP contribution >= 0.6 is 23.7 Å². The molecule has 0 saturated carbocycles. The number of fused-ring (bicyclic) bond motifs is 2. The molecule has 3 heterocycles. The largest absolute Gasteiger partial charge is 0.488 e. The number of halogens is 1. The first kappa shape index (κ1) is 24.5.